The molecule has 1 rings (SSSR count). The molecular weight excluding hydrogens is 232 g/mol. The first-order chi connectivity index (χ1) is 8.04. The zero-order valence-corrected chi connectivity index (χ0v) is 8.86. The van der Waals surface area contributed by atoms with Gasteiger partial charge in [-0.2, -0.15) is 0 Å². The lowest BCUT2D eigenvalue weighted by atomic mass is 10.3. The van der Waals surface area contributed by atoms with E-state index in [0.29, 0.717) is 0 Å². The number of nitrogens with one attached hydrogen (secondary N) is 1. The Morgan fingerprint density at radius 2 is 2.24 bits per heavy atom. The molecule has 0 radical (unpaired) electrons. The van der Waals surface area contributed by atoms with E-state index in [2.05, 4.69) is 20.0 Å². The summed E-state index contributed by atoms with van der Waals surface area (Å²) in [5, 5.41) is 21.6. The highest BCUT2D eigenvalue weighted by molar-refractivity contribution is 5.73. The van der Waals surface area contributed by atoms with E-state index >= 15 is 0 Å². The molecule has 0 aromatic carbocycles. The number of carboxylic acids is 1. The van der Waals surface area contributed by atoms with Crippen LogP contribution in [-0.2, 0) is 9.53 Å². The number of aromatic nitrogens is 2. The maximum Gasteiger partial charge on any atom is 0.334 e. The van der Waals surface area contributed by atoms with E-state index < -0.39 is 17.0 Å². The molecule has 17 heavy (non-hydrogen) atoms. The molecule has 1 atom stereocenters. The number of methoxy groups -OCH3 is 1. The summed E-state index contributed by atoms with van der Waals surface area (Å²) in [5.41, 5.74) is -0.239. The number of carbonyl (C=O) groups is 1. The monoisotopic (exact) mass is 242 g/mol. The normalized spacial score (nSPS) is 11.8. The summed E-state index contributed by atoms with van der Waals surface area (Å²) in [6.45, 7) is -0.0381. The van der Waals surface area contributed by atoms with E-state index in [1.165, 1.54) is 7.11 Å². The van der Waals surface area contributed by atoms with Gasteiger partial charge in [0.15, 0.2) is 6.10 Å². The predicted molar refractivity (Wildman–Crippen MR) is 55.6 cm³/mol. The molecule has 0 aliphatic heterocycles. The van der Waals surface area contributed by atoms with Gasteiger partial charge in [0.1, 0.15) is 12.4 Å². The summed E-state index contributed by atoms with van der Waals surface area (Å²) in [7, 11) is 1.26. The Hall–Kier alpha value is -2.29. The molecule has 92 valence electrons. The van der Waals surface area contributed by atoms with Crippen molar-refractivity contribution in [3.63, 3.8) is 0 Å². The first-order valence-corrected chi connectivity index (χ1v) is 4.50. The van der Waals surface area contributed by atoms with Gasteiger partial charge in [-0.3, -0.25) is 10.1 Å². The number of carboxylic acid groups (broad SMARTS) is 1. The third-order valence-electron chi connectivity index (χ3n) is 1.85. The molecule has 0 fully saturated rings. The molecule has 0 aliphatic carbocycles. The third kappa shape index (κ3) is 3.65. The molecule has 0 bridgehead atoms. The number of anilines is 1. The standard InChI is InChI=1S/C8H10N4O5/c1-17-6(7(13)14)4-11-8-9-2-5(3-10-8)12(15)16/h2-3,6H,4H2,1H3,(H,13,14)(H,9,10,11). The lowest BCUT2D eigenvalue weighted by molar-refractivity contribution is -0.385. The number of nitro groups is 1. The van der Waals surface area contributed by atoms with E-state index in [9.17, 15) is 14.9 Å². The van der Waals surface area contributed by atoms with Crippen molar-refractivity contribution in [2.24, 2.45) is 0 Å². The van der Waals surface area contributed by atoms with Crippen molar-refractivity contribution in [1.29, 1.82) is 0 Å². The van der Waals surface area contributed by atoms with Gasteiger partial charge < -0.3 is 15.2 Å². The molecule has 1 aromatic rings. The Labute approximate surface area is 95.6 Å². The molecule has 0 spiro atoms. The summed E-state index contributed by atoms with van der Waals surface area (Å²) >= 11 is 0. The van der Waals surface area contributed by atoms with Crippen LogP contribution >= 0.6 is 0 Å². The zero-order chi connectivity index (χ0) is 12.8. The van der Waals surface area contributed by atoms with Crippen molar-refractivity contribution < 1.29 is 19.6 Å². The van der Waals surface area contributed by atoms with E-state index in [1.54, 1.807) is 0 Å². The van der Waals surface area contributed by atoms with Crippen LogP contribution in [0, 0.1) is 10.1 Å². The molecule has 2 N–H and O–H groups in total. The predicted octanol–water partition coefficient (Wildman–Crippen LogP) is -0.104. The summed E-state index contributed by atoms with van der Waals surface area (Å²) in [5.74, 6) is -1.03. The van der Waals surface area contributed by atoms with Gasteiger partial charge in [-0.15, -0.1) is 0 Å². The molecule has 1 aromatic heterocycles. The molecule has 1 heterocycles. The van der Waals surface area contributed by atoms with Crippen LogP contribution in [-0.4, -0.2) is 45.7 Å². The number of rotatable bonds is 6. The molecule has 0 amide bonds. The van der Waals surface area contributed by atoms with Crippen molar-refractivity contribution >= 4 is 17.6 Å². The topological polar surface area (TPSA) is 127 Å². The Kier molecular flexibility index (Phi) is 4.29. The quantitative estimate of drug-likeness (QED) is 0.522. The van der Waals surface area contributed by atoms with E-state index in [0.717, 1.165) is 12.4 Å². The van der Waals surface area contributed by atoms with E-state index in [-0.39, 0.29) is 18.2 Å². The van der Waals surface area contributed by atoms with Crippen LogP contribution in [0.2, 0.25) is 0 Å². The average Bonchev–Trinajstić information content (AvgIpc) is 2.30. The van der Waals surface area contributed by atoms with E-state index in [1.807, 2.05) is 0 Å². The lowest BCUT2D eigenvalue weighted by Gasteiger charge is -2.10. The third-order valence-corrected chi connectivity index (χ3v) is 1.85. The highest BCUT2D eigenvalue weighted by Crippen LogP contribution is 2.08. The number of hydrogen-bond acceptors (Lipinski definition) is 7. The summed E-state index contributed by atoms with van der Waals surface area (Å²) in [6, 6.07) is 0. The Morgan fingerprint density at radius 3 is 2.65 bits per heavy atom. The largest absolute Gasteiger partial charge is 0.479 e. The van der Waals surface area contributed by atoms with Crippen molar-refractivity contribution in [3.05, 3.63) is 22.5 Å². The minimum absolute atomic E-state index is 0.0381. The van der Waals surface area contributed by atoms with Crippen LogP contribution in [0.15, 0.2) is 12.4 Å². The molecule has 0 saturated heterocycles. The fourth-order valence-electron chi connectivity index (χ4n) is 0.962. The minimum Gasteiger partial charge on any atom is -0.479 e. The summed E-state index contributed by atoms with van der Waals surface area (Å²) < 4.78 is 4.67. The maximum absolute atomic E-state index is 10.6. The number of aliphatic carboxylic acids is 1. The first kappa shape index (κ1) is 12.8. The van der Waals surface area contributed by atoms with E-state index in [4.69, 9.17) is 5.11 Å². The van der Waals surface area contributed by atoms with Gasteiger partial charge in [0.25, 0.3) is 0 Å². The number of nitrogens with zero attached hydrogens (tertiary/aromatic N) is 3. The van der Waals surface area contributed by atoms with Gasteiger partial charge in [0.05, 0.1) is 11.5 Å². The number of ether oxygens (including phenoxy) is 1. The highest BCUT2D eigenvalue weighted by Gasteiger charge is 2.16. The van der Waals surface area contributed by atoms with Crippen molar-refractivity contribution in [1.82, 2.24) is 9.97 Å². The minimum atomic E-state index is -1.12. The van der Waals surface area contributed by atoms with Crippen molar-refractivity contribution in [3.8, 4) is 0 Å². The molecule has 0 saturated carbocycles. The summed E-state index contributed by atoms with van der Waals surface area (Å²) in [6.07, 6.45) is 1.02. The SMILES string of the molecule is COC(CNc1ncc([N+](=O)[O-])cn1)C(=O)O. The molecule has 1 unspecified atom stereocenters. The van der Waals surface area contributed by atoms with Crippen molar-refractivity contribution in [2.75, 3.05) is 19.0 Å². The van der Waals surface area contributed by atoms with Gasteiger partial charge in [0, 0.05) is 7.11 Å². The number of hydrogen-bond donors (Lipinski definition) is 2. The second kappa shape index (κ2) is 5.70. The summed E-state index contributed by atoms with van der Waals surface area (Å²) in [4.78, 5) is 27.6. The van der Waals surface area contributed by atoms with Crippen LogP contribution in [0.3, 0.4) is 0 Å². The smallest absolute Gasteiger partial charge is 0.334 e. The maximum atomic E-state index is 10.6. The van der Waals surface area contributed by atoms with Gasteiger partial charge in [-0.1, -0.05) is 0 Å². The second-order valence-electron chi connectivity index (χ2n) is 2.97. The molecule has 0 aliphatic rings. The fourth-order valence-corrected chi connectivity index (χ4v) is 0.962. The lowest BCUT2D eigenvalue weighted by Crippen LogP contribution is -2.30. The van der Waals surface area contributed by atoms with Crippen LogP contribution in [0.1, 0.15) is 0 Å². The van der Waals surface area contributed by atoms with Gasteiger partial charge in [-0.25, -0.2) is 14.8 Å². The van der Waals surface area contributed by atoms with Crippen LogP contribution in [0.25, 0.3) is 0 Å². The Bertz CT molecular complexity index is 407. The molecular formula is C8H10N4O5. The highest BCUT2D eigenvalue weighted by atomic mass is 16.6. The Morgan fingerprint density at radius 1 is 1.65 bits per heavy atom. The first-order valence-electron chi connectivity index (χ1n) is 4.50. The zero-order valence-electron chi connectivity index (χ0n) is 8.86. The second-order valence-corrected chi connectivity index (χ2v) is 2.97. The van der Waals surface area contributed by atoms with Gasteiger partial charge >= 0.3 is 11.7 Å². The Balaban J connectivity index is 2.58. The van der Waals surface area contributed by atoms with Crippen LogP contribution in [0.4, 0.5) is 11.6 Å². The van der Waals surface area contributed by atoms with Crippen LogP contribution in [0.5, 0.6) is 0 Å². The average molecular weight is 242 g/mol. The van der Waals surface area contributed by atoms with Gasteiger partial charge in [-0.05, 0) is 0 Å². The van der Waals surface area contributed by atoms with Gasteiger partial charge in [0.2, 0.25) is 5.95 Å². The van der Waals surface area contributed by atoms with Crippen molar-refractivity contribution in [2.45, 2.75) is 6.10 Å². The fraction of sp³-hybridized carbons (Fsp3) is 0.375. The van der Waals surface area contributed by atoms with Crippen LogP contribution < -0.4 is 5.32 Å². The molecule has 9 heteroatoms. The molecule has 9 nitrogen and oxygen atoms in total.